The maximum atomic E-state index is 12.2. The molecule has 128 valence electrons. The number of carbonyl (C=O) groups excluding carboxylic acids is 1. The highest BCUT2D eigenvalue weighted by Crippen LogP contribution is 2.18. The molecule has 1 N–H and O–H groups in total. The number of nitrogens with one attached hydrogen (secondary N) is 1. The SMILES string of the molecule is CCOc1cccc(NC(=O)N(C)CCOc2ccc(Cl)cc2)c1. The van der Waals surface area contributed by atoms with Crippen LogP contribution in [-0.2, 0) is 0 Å². The van der Waals surface area contributed by atoms with Crippen molar-refractivity contribution in [3.63, 3.8) is 0 Å². The zero-order chi connectivity index (χ0) is 17.4. The summed E-state index contributed by atoms with van der Waals surface area (Å²) < 4.78 is 11.0. The molecule has 0 aliphatic carbocycles. The van der Waals surface area contributed by atoms with Gasteiger partial charge in [-0.05, 0) is 43.3 Å². The lowest BCUT2D eigenvalue weighted by molar-refractivity contribution is 0.207. The minimum absolute atomic E-state index is 0.205. The minimum atomic E-state index is -0.205. The predicted molar refractivity (Wildman–Crippen MR) is 96.2 cm³/mol. The Morgan fingerprint density at radius 1 is 1.12 bits per heavy atom. The van der Waals surface area contributed by atoms with Crippen molar-refractivity contribution in [1.29, 1.82) is 0 Å². The second-order valence-corrected chi connectivity index (χ2v) is 5.55. The zero-order valence-electron chi connectivity index (χ0n) is 13.8. The molecule has 0 spiro atoms. The number of nitrogens with zero attached hydrogens (tertiary/aromatic N) is 1. The van der Waals surface area contributed by atoms with Crippen LogP contribution in [0.25, 0.3) is 0 Å². The lowest BCUT2D eigenvalue weighted by Gasteiger charge is -2.18. The lowest BCUT2D eigenvalue weighted by Crippen LogP contribution is -2.34. The van der Waals surface area contributed by atoms with E-state index in [4.69, 9.17) is 21.1 Å². The number of carbonyl (C=O) groups is 1. The number of hydrogen-bond acceptors (Lipinski definition) is 3. The first kappa shape index (κ1) is 17.9. The summed E-state index contributed by atoms with van der Waals surface area (Å²) in [6.07, 6.45) is 0. The summed E-state index contributed by atoms with van der Waals surface area (Å²) in [6.45, 7) is 3.35. The van der Waals surface area contributed by atoms with Gasteiger partial charge in [0.15, 0.2) is 0 Å². The average Bonchev–Trinajstić information content (AvgIpc) is 2.57. The number of ether oxygens (including phenoxy) is 2. The van der Waals surface area contributed by atoms with Gasteiger partial charge in [-0.15, -0.1) is 0 Å². The standard InChI is InChI=1S/C18H21ClN2O3/c1-3-23-17-6-4-5-15(13-17)20-18(22)21(2)11-12-24-16-9-7-14(19)8-10-16/h4-10,13H,3,11-12H2,1-2H3,(H,20,22). The number of amides is 2. The second kappa shape index (κ2) is 9.03. The van der Waals surface area contributed by atoms with Gasteiger partial charge in [0.05, 0.1) is 13.2 Å². The third kappa shape index (κ3) is 5.66. The smallest absolute Gasteiger partial charge is 0.321 e. The second-order valence-electron chi connectivity index (χ2n) is 5.11. The molecule has 0 fully saturated rings. The summed E-state index contributed by atoms with van der Waals surface area (Å²) in [5.41, 5.74) is 0.691. The number of anilines is 1. The molecule has 0 heterocycles. The maximum absolute atomic E-state index is 12.2. The van der Waals surface area contributed by atoms with Crippen molar-refractivity contribution in [3.8, 4) is 11.5 Å². The summed E-state index contributed by atoms with van der Waals surface area (Å²) in [6, 6.07) is 14.2. The van der Waals surface area contributed by atoms with E-state index in [2.05, 4.69) is 5.32 Å². The van der Waals surface area contributed by atoms with Crippen LogP contribution in [-0.4, -0.2) is 37.7 Å². The Kier molecular flexibility index (Phi) is 6.75. The molecule has 0 aliphatic rings. The van der Waals surface area contributed by atoms with Gasteiger partial charge in [0, 0.05) is 23.8 Å². The molecule has 5 nitrogen and oxygen atoms in total. The molecule has 0 atom stereocenters. The molecule has 24 heavy (non-hydrogen) atoms. The Balaban J connectivity index is 1.79. The molecule has 6 heteroatoms. The largest absolute Gasteiger partial charge is 0.494 e. The van der Waals surface area contributed by atoms with E-state index in [9.17, 15) is 4.79 Å². The van der Waals surface area contributed by atoms with Crippen molar-refractivity contribution in [1.82, 2.24) is 4.90 Å². The molecule has 0 aliphatic heterocycles. The molecular weight excluding hydrogens is 328 g/mol. The summed E-state index contributed by atoms with van der Waals surface area (Å²) in [7, 11) is 1.72. The summed E-state index contributed by atoms with van der Waals surface area (Å²) in [5, 5.41) is 3.49. The molecular formula is C18H21ClN2O3. The number of halogens is 1. The minimum Gasteiger partial charge on any atom is -0.494 e. The van der Waals surface area contributed by atoms with E-state index in [0.29, 0.717) is 30.5 Å². The topological polar surface area (TPSA) is 50.8 Å². The number of hydrogen-bond donors (Lipinski definition) is 1. The van der Waals surface area contributed by atoms with Gasteiger partial charge in [0.2, 0.25) is 0 Å². The van der Waals surface area contributed by atoms with Crippen LogP contribution in [0.1, 0.15) is 6.92 Å². The predicted octanol–water partition coefficient (Wildman–Crippen LogP) is 4.28. The van der Waals surface area contributed by atoms with Crippen molar-refractivity contribution < 1.29 is 14.3 Å². The van der Waals surface area contributed by atoms with E-state index in [1.165, 1.54) is 0 Å². The molecule has 2 aromatic carbocycles. The lowest BCUT2D eigenvalue weighted by atomic mass is 10.3. The molecule has 0 bridgehead atoms. The van der Waals surface area contributed by atoms with E-state index in [1.807, 2.05) is 25.1 Å². The molecule has 2 aromatic rings. The van der Waals surface area contributed by atoms with Gasteiger partial charge in [-0.2, -0.15) is 0 Å². The Hall–Kier alpha value is -2.40. The van der Waals surface area contributed by atoms with Crippen LogP contribution < -0.4 is 14.8 Å². The Morgan fingerprint density at radius 3 is 2.58 bits per heavy atom. The fourth-order valence-corrected chi connectivity index (χ4v) is 2.11. The highest BCUT2D eigenvalue weighted by Gasteiger charge is 2.09. The first-order valence-corrected chi connectivity index (χ1v) is 8.09. The molecule has 0 saturated heterocycles. The van der Waals surface area contributed by atoms with Crippen molar-refractivity contribution in [2.45, 2.75) is 6.92 Å². The number of benzene rings is 2. The van der Waals surface area contributed by atoms with E-state index >= 15 is 0 Å². The summed E-state index contributed by atoms with van der Waals surface area (Å²) in [4.78, 5) is 13.7. The van der Waals surface area contributed by atoms with Crippen LogP contribution in [0.2, 0.25) is 5.02 Å². The van der Waals surface area contributed by atoms with Gasteiger partial charge in [0.1, 0.15) is 18.1 Å². The van der Waals surface area contributed by atoms with Crippen molar-refractivity contribution >= 4 is 23.3 Å². The normalized spacial score (nSPS) is 10.1. The van der Waals surface area contributed by atoms with Crippen molar-refractivity contribution in [2.75, 3.05) is 32.1 Å². The first-order chi connectivity index (χ1) is 11.6. The molecule has 0 saturated carbocycles. The Bertz CT molecular complexity index is 662. The fourth-order valence-electron chi connectivity index (χ4n) is 1.98. The highest BCUT2D eigenvalue weighted by atomic mass is 35.5. The van der Waals surface area contributed by atoms with Crippen LogP contribution in [0.5, 0.6) is 11.5 Å². The van der Waals surface area contributed by atoms with E-state index in [1.54, 1.807) is 42.3 Å². The Morgan fingerprint density at radius 2 is 1.88 bits per heavy atom. The first-order valence-electron chi connectivity index (χ1n) is 7.72. The number of likely N-dealkylation sites (N-methyl/N-ethyl adjacent to an activating group) is 1. The van der Waals surface area contributed by atoms with Gasteiger partial charge in [-0.1, -0.05) is 17.7 Å². The average molecular weight is 349 g/mol. The third-order valence-electron chi connectivity index (χ3n) is 3.25. The van der Waals surface area contributed by atoms with Crippen LogP contribution >= 0.6 is 11.6 Å². The van der Waals surface area contributed by atoms with Crippen LogP contribution in [0, 0.1) is 0 Å². The van der Waals surface area contributed by atoms with Gasteiger partial charge in [0.25, 0.3) is 0 Å². The number of rotatable bonds is 7. The van der Waals surface area contributed by atoms with Gasteiger partial charge < -0.3 is 19.7 Å². The monoisotopic (exact) mass is 348 g/mol. The summed E-state index contributed by atoms with van der Waals surface area (Å²) in [5.74, 6) is 1.45. The molecule has 0 unspecified atom stereocenters. The number of urea groups is 1. The molecule has 2 rings (SSSR count). The third-order valence-corrected chi connectivity index (χ3v) is 3.50. The molecule has 0 aromatic heterocycles. The Labute approximate surface area is 147 Å². The van der Waals surface area contributed by atoms with Crippen LogP contribution in [0.15, 0.2) is 48.5 Å². The van der Waals surface area contributed by atoms with Gasteiger partial charge in [-0.25, -0.2) is 4.79 Å². The quantitative estimate of drug-likeness (QED) is 0.812. The fraction of sp³-hybridized carbons (Fsp3) is 0.278. The van der Waals surface area contributed by atoms with E-state index in [0.717, 1.165) is 11.5 Å². The zero-order valence-corrected chi connectivity index (χ0v) is 14.5. The van der Waals surface area contributed by atoms with Gasteiger partial charge >= 0.3 is 6.03 Å². The van der Waals surface area contributed by atoms with Gasteiger partial charge in [-0.3, -0.25) is 0 Å². The van der Waals surface area contributed by atoms with Crippen LogP contribution in [0.4, 0.5) is 10.5 Å². The highest BCUT2D eigenvalue weighted by molar-refractivity contribution is 6.30. The maximum Gasteiger partial charge on any atom is 0.321 e. The van der Waals surface area contributed by atoms with E-state index in [-0.39, 0.29) is 6.03 Å². The molecule has 2 amide bonds. The van der Waals surface area contributed by atoms with Crippen LogP contribution in [0.3, 0.4) is 0 Å². The van der Waals surface area contributed by atoms with Crippen molar-refractivity contribution in [2.24, 2.45) is 0 Å². The summed E-state index contributed by atoms with van der Waals surface area (Å²) >= 11 is 5.82. The van der Waals surface area contributed by atoms with Crippen molar-refractivity contribution in [3.05, 3.63) is 53.6 Å². The molecule has 0 radical (unpaired) electrons. The van der Waals surface area contributed by atoms with E-state index < -0.39 is 0 Å².